The SMILES string of the molecule is Cc1cc(NCC2(CCO)CC2)c2cc(F)ccc2n1. The molecule has 0 bridgehead atoms. The molecule has 2 aromatic rings. The van der Waals surface area contributed by atoms with E-state index in [0.717, 1.165) is 48.1 Å². The van der Waals surface area contributed by atoms with Crippen molar-refractivity contribution in [1.29, 1.82) is 0 Å². The number of aromatic nitrogens is 1. The van der Waals surface area contributed by atoms with Crippen LogP contribution in [0.1, 0.15) is 25.0 Å². The Bertz CT molecular complexity index is 638. The van der Waals surface area contributed by atoms with E-state index in [1.165, 1.54) is 12.1 Å². The smallest absolute Gasteiger partial charge is 0.124 e. The number of hydrogen-bond acceptors (Lipinski definition) is 3. The largest absolute Gasteiger partial charge is 0.396 e. The third-order valence-electron chi connectivity index (χ3n) is 4.15. The lowest BCUT2D eigenvalue weighted by atomic mass is 10.0. The van der Waals surface area contributed by atoms with E-state index in [2.05, 4.69) is 10.3 Å². The van der Waals surface area contributed by atoms with Crippen LogP contribution in [-0.2, 0) is 0 Å². The van der Waals surface area contributed by atoms with E-state index in [9.17, 15) is 4.39 Å². The number of fused-ring (bicyclic) bond motifs is 1. The van der Waals surface area contributed by atoms with Crippen LogP contribution < -0.4 is 5.32 Å². The van der Waals surface area contributed by atoms with Crippen molar-refractivity contribution in [2.24, 2.45) is 5.41 Å². The molecule has 1 aliphatic carbocycles. The Kier molecular flexibility index (Phi) is 3.34. The van der Waals surface area contributed by atoms with Crippen molar-refractivity contribution >= 4 is 16.6 Å². The Morgan fingerprint density at radius 2 is 2.15 bits per heavy atom. The van der Waals surface area contributed by atoms with Gasteiger partial charge in [0.1, 0.15) is 5.82 Å². The number of pyridine rings is 1. The maximum absolute atomic E-state index is 13.4. The second-order valence-corrected chi connectivity index (χ2v) is 5.80. The summed E-state index contributed by atoms with van der Waals surface area (Å²) in [6.45, 7) is 2.99. The number of hydrogen-bond donors (Lipinski definition) is 2. The predicted molar refractivity (Wildman–Crippen MR) is 78.3 cm³/mol. The number of benzene rings is 1. The van der Waals surface area contributed by atoms with Crippen molar-refractivity contribution in [3.63, 3.8) is 0 Å². The van der Waals surface area contributed by atoms with Crippen LogP contribution in [0.15, 0.2) is 24.3 Å². The van der Waals surface area contributed by atoms with E-state index in [1.54, 1.807) is 6.07 Å². The van der Waals surface area contributed by atoms with Crippen LogP contribution in [0.3, 0.4) is 0 Å². The first-order valence-corrected chi connectivity index (χ1v) is 7.04. The van der Waals surface area contributed by atoms with E-state index < -0.39 is 0 Å². The standard InChI is InChI=1S/C16H19FN2O/c1-11-8-15(18-10-16(4-5-16)6-7-20)13-9-12(17)2-3-14(13)19-11/h2-3,8-9,20H,4-7,10H2,1H3,(H,18,19). The quantitative estimate of drug-likeness (QED) is 0.879. The highest BCUT2D eigenvalue weighted by atomic mass is 19.1. The van der Waals surface area contributed by atoms with E-state index in [1.807, 2.05) is 13.0 Å². The molecule has 0 radical (unpaired) electrons. The molecule has 0 saturated heterocycles. The number of halogens is 1. The minimum atomic E-state index is -0.248. The molecule has 106 valence electrons. The minimum absolute atomic E-state index is 0.228. The summed E-state index contributed by atoms with van der Waals surface area (Å²) < 4.78 is 13.4. The van der Waals surface area contributed by atoms with Crippen LogP contribution in [-0.4, -0.2) is 23.2 Å². The Morgan fingerprint density at radius 3 is 2.85 bits per heavy atom. The number of aliphatic hydroxyl groups is 1. The van der Waals surface area contributed by atoms with Crippen molar-refractivity contribution in [2.75, 3.05) is 18.5 Å². The lowest BCUT2D eigenvalue weighted by Crippen LogP contribution is -2.17. The Balaban J connectivity index is 1.88. The van der Waals surface area contributed by atoms with Crippen molar-refractivity contribution in [3.8, 4) is 0 Å². The Morgan fingerprint density at radius 1 is 1.35 bits per heavy atom. The summed E-state index contributed by atoms with van der Waals surface area (Å²) in [5.41, 5.74) is 2.88. The van der Waals surface area contributed by atoms with E-state index in [4.69, 9.17) is 5.11 Å². The van der Waals surface area contributed by atoms with Crippen LogP contribution in [0.4, 0.5) is 10.1 Å². The van der Waals surface area contributed by atoms with E-state index in [0.29, 0.717) is 0 Å². The molecular formula is C16H19FN2O. The van der Waals surface area contributed by atoms with Gasteiger partial charge in [0.25, 0.3) is 0 Å². The second kappa shape index (κ2) is 5.02. The molecule has 3 rings (SSSR count). The minimum Gasteiger partial charge on any atom is -0.396 e. The third-order valence-corrected chi connectivity index (χ3v) is 4.15. The predicted octanol–water partition coefficient (Wildman–Crippen LogP) is 3.26. The van der Waals surface area contributed by atoms with E-state index >= 15 is 0 Å². The molecular weight excluding hydrogens is 255 g/mol. The highest BCUT2D eigenvalue weighted by molar-refractivity contribution is 5.91. The first kappa shape index (κ1) is 13.3. The summed E-state index contributed by atoms with van der Waals surface area (Å²) in [4.78, 5) is 4.43. The maximum Gasteiger partial charge on any atom is 0.124 e. The van der Waals surface area contributed by atoms with Gasteiger partial charge in [-0.2, -0.15) is 0 Å². The fourth-order valence-electron chi connectivity index (χ4n) is 2.69. The van der Waals surface area contributed by atoms with E-state index in [-0.39, 0.29) is 17.8 Å². The molecule has 0 aliphatic heterocycles. The molecule has 0 spiro atoms. The van der Waals surface area contributed by atoms with Crippen LogP contribution >= 0.6 is 0 Å². The zero-order chi connectivity index (χ0) is 14.2. The zero-order valence-corrected chi connectivity index (χ0v) is 11.6. The molecule has 0 amide bonds. The summed E-state index contributed by atoms with van der Waals surface area (Å²) in [5.74, 6) is -0.248. The first-order chi connectivity index (χ1) is 9.62. The fraction of sp³-hybridized carbons (Fsp3) is 0.438. The average Bonchev–Trinajstić information content (AvgIpc) is 3.17. The molecule has 0 unspecified atom stereocenters. The molecule has 1 aromatic carbocycles. The fourth-order valence-corrected chi connectivity index (χ4v) is 2.69. The Hall–Kier alpha value is -1.68. The van der Waals surface area contributed by atoms with Gasteiger partial charge in [0.05, 0.1) is 5.52 Å². The lowest BCUT2D eigenvalue weighted by molar-refractivity contribution is 0.253. The normalized spacial score (nSPS) is 16.4. The van der Waals surface area contributed by atoms with Crippen LogP contribution in [0, 0.1) is 18.2 Å². The number of rotatable bonds is 5. The van der Waals surface area contributed by atoms with Gasteiger partial charge in [0.15, 0.2) is 0 Å². The molecule has 1 aliphatic rings. The molecule has 1 fully saturated rings. The van der Waals surface area contributed by atoms with Gasteiger partial charge in [-0.15, -0.1) is 0 Å². The summed E-state index contributed by atoms with van der Waals surface area (Å²) in [7, 11) is 0. The van der Waals surface area contributed by atoms with Crippen LogP contribution in [0.5, 0.6) is 0 Å². The van der Waals surface area contributed by atoms with Crippen LogP contribution in [0.25, 0.3) is 10.9 Å². The molecule has 0 atom stereocenters. The second-order valence-electron chi connectivity index (χ2n) is 5.80. The van der Waals surface area contributed by atoms with Gasteiger partial charge in [-0.25, -0.2) is 4.39 Å². The third kappa shape index (κ3) is 2.61. The summed E-state index contributed by atoms with van der Waals surface area (Å²) in [6, 6.07) is 6.63. The molecule has 4 heteroatoms. The van der Waals surface area contributed by atoms with Gasteiger partial charge in [-0.05, 0) is 55.9 Å². The number of nitrogens with one attached hydrogen (secondary N) is 1. The van der Waals surface area contributed by atoms with Crippen molar-refractivity contribution in [2.45, 2.75) is 26.2 Å². The zero-order valence-electron chi connectivity index (χ0n) is 11.6. The monoisotopic (exact) mass is 274 g/mol. The number of aliphatic hydroxyl groups excluding tert-OH is 1. The van der Waals surface area contributed by atoms with Crippen molar-refractivity contribution in [3.05, 3.63) is 35.8 Å². The van der Waals surface area contributed by atoms with Crippen LogP contribution in [0.2, 0.25) is 0 Å². The average molecular weight is 274 g/mol. The molecule has 1 saturated carbocycles. The highest BCUT2D eigenvalue weighted by Crippen LogP contribution is 2.48. The number of nitrogens with zero attached hydrogens (tertiary/aromatic N) is 1. The summed E-state index contributed by atoms with van der Waals surface area (Å²) in [6.07, 6.45) is 3.13. The number of aryl methyl sites for hydroxylation is 1. The number of anilines is 1. The van der Waals surface area contributed by atoms with Gasteiger partial charge in [0.2, 0.25) is 0 Å². The molecule has 20 heavy (non-hydrogen) atoms. The molecule has 2 N–H and O–H groups in total. The molecule has 1 aromatic heterocycles. The molecule has 1 heterocycles. The summed E-state index contributed by atoms with van der Waals surface area (Å²) in [5, 5.41) is 13.3. The lowest BCUT2D eigenvalue weighted by Gasteiger charge is -2.17. The van der Waals surface area contributed by atoms with Crippen molar-refractivity contribution < 1.29 is 9.50 Å². The maximum atomic E-state index is 13.4. The van der Waals surface area contributed by atoms with Gasteiger partial charge < -0.3 is 10.4 Å². The highest BCUT2D eigenvalue weighted by Gasteiger charge is 2.41. The van der Waals surface area contributed by atoms with Gasteiger partial charge in [-0.3, -0.25) is 4.98 Å². The Labute approximate surface area is 117 Å². The van der Waals surface area contributed by atoms with Gasteiger partial charge in [0, 0.05) is 29.9 Å². The van der Waals surface area contributed by atoms with Crippen molar-refractivity contribution in [1.82, 2.24) is 4.98 Å². The first-order valence-electron chi connectivity index (χ1n) is 7.04. The molecule has 3 nitrogen and oxygen atoms in total. The van der Waals surface area contributed by atoms with Gasteiger partial charge >= 0.3 is 0 Å². The van der Waals surface area contributed by atoms with Gasteiger partial charge in [-0.1, -0.05) is 0 Å². The topological polar surface area (TPSA) is 45.1 Å². The summed E-state index contributed by atoms with van der Waals surface area (Å²) >= 11 is 0.